The van der Waals surface area contributed by atoms with Crippen LogP contribution in [0.15, 0.2) is 36.5 Å². The van der Waals surface area contributed by atoms with Crippen LogP contribution in [0, 0.1) is 0 Å². The Morgan fingerprint density at radius 2 is 1.85 bits per heavy atom. The van der Waals surface area contributed by atoms with Crippen molar-refractivity contribution in [1.82, 2.24) is 4.98 Å². The van der Waals surface area contributed by atoms with E-state index < -0.39 is 11.9 Å². The van der Waals surface area contributed by atoms with Gasteiger partial charge in [0.1, 0.15) is 11.4 Å². The highest BCUT2D eigenvalue weighted by Gasteiger charge is 2.32. The minimum absolute atomic E-state index is 0.217. The van der Waals surface area contributed by atoms with E-state index in [-0.39, 0.29) is 6.61 Å². The number of pyridine rings is 1. The number of ether oxygens (including phenoxy) is 1. The van der Waals surface area contributed by atoms with Crippen molar-refractivity contribution in [3.63, 3.8) is 0 Å². The Kier molecular flexibility index (Phi) is 3.94. The first kappa shape index (κ1) is 14.3. The van der Waals surface area contributed by atoms with E-state index in [1.807, 2.05) is 0 Å². The average Bonchev–Trinajstić information content (AvgIpc) is 2.45. The van der Waals surface area contributed by atoms with Gasteiger partial charge in [-0.25, -0.2) is 0 Å². The second-order valence-corrected chi connectivity index (χ2v) is 4.11. The number of aromatic nitrogens is 1. The lowest BCUT2D eigenvalue weighted by molar-refractivity contribution is -0.141. The molecule has 0 bridgehead atoms. The summed E-state index contributed by atoms with van der Waals surface area (Å²) >= 11 is 0. The molecule has 0 amide bonds. The quantitative estimate of drug-likeness (QED) is 0.940. The van der Waals surface area contributed by atoms with Crippen molar-refractivity contribution in [3.8, 4) is 16.9 Å². The molecule has 0 radical (unpaired) electrons. The van der Waals surface area contributed by atoms with Gasteiger partial charge in [-0.15, -0.1) is 0 Å². The van der Waals surface area contributed by atoms with Gasteiger partial charge in [0.15, 0.2) is 0 Å². The molecule has 0 aliphatic rings. The van der Waals surface area contributed by atoms with E-state index in [2.05, 4.69) is 4.98 Å². The maximum absolute atomic E-state index is 12.4. The van der Waals surface area contributed by atoms with Crippen LogP contribution in [0.2, 0.25) is 0 Å². The minimum atomic E-state index is -4.45. The summed E-state index contributed by atoms with van der Waals surface area (Å²) in [7, 11) is 1.48. The summed E-state index contributed by atoms with van der Waals surface area (Å²) in [6, 6.07) is 7.28. The SMILES string of the molecule is COc1ccc(-c2ccc(C(F)(F)F)nc2)cc1CO. The third-order valence-electron chi connectivity index (χ3n) is 2.84. The van der Waals surface area contributed by atoms with Gasteiger partial charge < -0.3 is 9.84 Å². The molecule has 20 heavy (non-hydrogen) atoms. The van der Waals surface area contributed by atoms with Crippen LogP contribution in [-0.2, 0) is 12.8 Å². The summed E-state index contributed by atoms with van der Waals surface area (Å²) in [5.74, 6) is 0.524. The number of hydrogen-bond acceptors (Lipinski definition) is 3. The number of rotatable bonds is 3. The number of methoxy groups -OCH3 is 1. The van der Waals surface area contributed by atoms with Gasteiger partial charge in [-0.1, -0.05) is 12.1 Å². The Hall–Kier alpha value is -2.08. The molecule has 2 aromatic rings. The molecular weight excluding hydrogens is 271 g/mol. The van der Waals surface area contributed by atoms with Crippen LogP contribution in [0.25, 0.3) is 11.1 Å². The summed E-state index contributed by atoms with van der Waals surface area (Å²) in [5, 5.41) is 9.23. The van der Waals surface area contributed by atoms with Crippen LogP contribution in [0.1, 0.15) is 11.3 Å². The lowest BCUT2D eigenvalue weighted by Gasteiger charge is -2.10. The Labute approximate surface area is 113 Å². The molecule has 0 saturated carbocycles. The molecule has 0 aliphatic carbocycles. The van der Waals surface area contributed by atoms with Crippen LogP contribution >= 0.6 is 0 Å². The molecule has 1 aromatic heterocycles. The maximum Gasteiger partial charge on any atom is 0.433 e. The van der Waals surface area contributed by atoms with E-state index in [0.717, 1.165) is 12.3 Å². The highest BCUT2D eigenvalue weighted by Crippen LogP contribution is 2.30. The van der Waals surface area contributed by atoms with Crippen molar-refractivity contribution in [2.24, 2.45) is 0 Å². The monoisotopic (exact) mass is 283 g/mol. The van der Waals surface area contributed by atoms with Crippen LogP contribution < -0.4 is 4.74 Å². The Bertz CT molecular complexity index is 594. The molecule has 6 heteroatoms. The summed E-state index contributed by atoms with van der Waals surface area (Å²) in [5.41, 5.74) is 0.827. The molecule has 0 saturated heterocycles. The second-order valence-electron chi connectivity index (χ2n) is 4.11. The molecule has 0 unspecified atom stereocenters. The van der Waals surface area contributed by atoms with Gasteiger partial charge >= 0.3 is 6.18 Å². The van der Waals surface area contributed by atoms with Gasteiger partial charge in [-0.3, -0.25) is 4.98 Å². The molecule has 1 aromatic carbocycles. The first-order valence-corrected chi connectivity index (χ1v) is 5.77. The molecule has 0 atom stereocenters. The van der Waals surface area contributed by atoms with E-state index >= 15 is 0 Å². The van der Waals surface area contributed by atoms with Crippen molar-refractivity contribution in [1.29, 1.82) is 0 Å². The largest absolute Gasteiger partial charge is 0.496 e. The Morgan fingerprint density at radius 3 is 2.35 bits per heavy atom. The number of aliphatic hydroxyl groups is 1. The normalized spacial score (nSPS) is 11.4. The van der Waals surface area contributed by atoms with Crippen molar-refractivity contribution in [2.45, 2.75) is 12.8 Å². The molecule has 0 spiro atoms. The fraction of sp³-hybridized carbons (Fsp3) is 0.214. The van der Waals surface area contributed by atoms with Gasteiger partial charge in [0.05, 0.1) is 13.7 Å². The molecule has 1 N–H and O–H groups in total. The number of aliphatic hydroxyl groups excluding tert-OH is 1. The first-order valence-electron chi connectivity index (χ1n) is 5.77. The zero-order chi connectivity index (χ0) is 14.8. The lowest BCUT2D eigenvalue weighted by Crippen LogP contribution is -2.07. The molecule has 0 aliphatic heterocycles. The molecule has 0 fully saturated rings. The van der Waals surface area contributed by atoms with Gasteiger partial charge in [0.2, 0.25) is 0 Å². The zero-order valence-corrected chi connectivity index (χ0v) is 10.6. The standard InChI is InChI=1S/C14H12F3NO2/c1-20-12-4-2-9(6-11(12)8-19)10-3-5-13(18-7-10)14(15,16)17/h2-7,19H,8H2,1H3. The number of alkyl halides is 3. The van der Waals surface area contributed by atoms with Crippen LogP contribution in [0.3, 0.4) is 0 Å². The third kappa shape index (κ3) is 2.91. The number of halogens is 3. The summed E-state index contributed by atoms with van der Waals surface area (Å²) < 4.78 is 42.3. The average molecular weight is 283 g/mol. The van der Waals surface area contributed by atoms with Crippen molar-refractivity contribution in [2.75, 3.05) is 7.11 Å². The molecule has 2 rings (SSSR count). The number of nitrogens with zero attached hydrogens (tertiary/aromatic N) is 1. The summed E-state index contributed by atoms with van der Waals surface area (Å²) in [6.07, 6.45) is -3.29. The predicted octanol–water partition coefficient (Wildman–Crippen LogP) is 3.27. The van der Waals surface area contributed by atoms with Gasteiger partial charge in [0.25, 0.3) is 0 Å². The van der Waals surface area contributed by atoms with Gasteiger partial charge in [-0.2, -0.15) is 13.2 Å². The second kappa shape index (κ2) is 5.50. The van der Waals surface area contributed by atoms with E-state index in [9.17, 15) is 18.3 Å². The topological polar surface area (TPSA) is 42.4 Å². The Balaban J connectivity index is 2.37. The van der Waals surface area contributed by atoms with Crippen LogP contribution in [0.4, 0.5) is 13.2 Å². The fourth-order valence-corrected chi connectivity index (χ4v) is 1.81. The lowest BCUT2D eigenvalue weighted by atomic mass is 10.0. The third-order valence-corrected chi connectivity index (χ3v) is 2.84. The van der Waals surface area contributed by atoms with Gasteiger partial charge in [0, 0.05) is 17.3 Å². The minimum Gasteiger partial charge on any atom is -0.496 e. The van der Waals surface area contributed by atoms with E-state index in [1.165, 1.54) is 13.2 Å². The van der Waals surface area contributed by atoms with E-state index in [4.69, 9.17) is 4.74 Å². The maximum atomic E-state index is 12.4. The van der Waals surface area contributed by atoms with Crippen molar-refractivity contribution >= 4 is 0 Å². The smallest absolute Gasteiger partial charge is 0.433 e. The Morgan fingerprint density at radius 1 is 1.15 bits per heavy atom. The highest BCUT2D eigenvalue weighted by atomic mass is 19.4. The number of hydrogen-bond donors (Lipinski definition) is 1. The summed E-state index contributed by atoms with van der Waals surface area (Å²) in [4.78, 5) is 3.41. The molecule has 1 heterocycles. The predicted molar refractivity (Wildman–Crippen MR) is 67.1 cm³/mol. The highest BCUT2D eigenvalue weighted by molar-refractivity contribution is 5.65. The van der Waals surface area contributed by atoms with E-state index in [1.54, 1.807) is 18.2 Å². The van der Waals surface area contributed by atoms with Crippen molar-refractivity contribution < 1.29 is 23.0 Å². The van der Waals surface area contributed by atoms with Crippen LogP contribution in [-0.4, -0.2) is 17.2 Å². The molecule has 3 nitrogen and oxygen atoms in total. The fourth-order valence-electron chi connectivity index (χ4n) is 1.81. The summed E-state index contributed by atoms with van der Waals surface area (Å²) in [6.45, 7) is -0.217. The first-order chi connectivity index (χ1) is 9.45. The van der Waals surface area contributed by atoms with E-state index in [0.29, 0.717) is 22.4 Å². The van der Waals surface area contributed by atoms with Crippen LogP contribution in [0.5, 0.6) is 5.75 Å². The van der Waals surface area contributed by atoms with Crippen molar-refractivity contribution in [3.05, 3.63) is 47.8 Å². The molecule has 106 valence electrons. The zero-order valence-electron chi connectivity index (χ0n) is 10.6. The van der Waals surface area contributed by atoms with Gasteiger partial charge in [-0.05, 0) is 23.8 Å². The molecular formula is C14H12F3NO2. The number of benzene rings is 1.